The lowest BCUT2D eigenvalue weighted by molar-refractivity contribution is 0.529. The molecule has 1 N–H and O–H groups in total. The first-order valence-corrected chi connectivity index (χ1v) is 7.74. The molecule has 4 nitrogen and oxygen atoms in total. The number of aromatic nitrogens is 3. The van der Waals surface area contributed by atoms with E-state index >= 15 is 0 Å². The van der Waals surface area contributed by atoms with Gasteiger partial charge in [0.2, 0.25) is 0 Å². The van der Waals surface area contributed by atoms with Crippen LogP contribution in [0.15, 0.2) is 30.6 Å². The summed E-state index contributed by atoms with van der Waals surface area (Å²) in [5.74, 6) is 0.740. The highest BCUT2D eigenvalue weighted by Gasteiger charge is 2.17. The minimum absolute atomic E-state index is 0.165. The maximum Gasteiger partial charge on any atom is 0.138 e. The zero-order valence-electron chi connectivity index (χ0n) is 12.0. The Hall–Kier alpha value is -1.79. The molecule has 3 rings (SSSR count). The van der Waals surface area contributed by atoms with E-state index in [-0.39, 0.29) is 11.9 Å². The van der Waals surface area contributed by atoms with E-state index in [4.69, 9.17) is 0 Å². The van der Waals surface area contributed by atoms with Gasteiger partial charge in [0, 0.05) is 29.1 Å². The smallest absolute Gasteiger partial charge is 0.138 e. The summed E-state index contributed by atoms with van der Waals surface area (Å²) in [4.78, 5) is 5.48. The van der Waals surface area contributed by atoms with Crippen LogP contribution in [0.3, 0.4) is 0 Å². The summed E-state index contributed by atoms with van der Waals surface area (Å²) in [5.41, 5.74) is 0. The average Bonchev–Trinajstić information content (AvgIpc) is 3.04. The summed E-state index contributed by atoms with van der Waals surface area (Å²) < 4.78 is 16.2. The second kappa shape index (κ2) is 5.91. The Morgan fingerprint density at radius 1 is 1.38 bits per heavy atom. The maximum atomic E-state index is 13.3. The summed E-state index contributed by atoms with van der Waals surface area (Å²) >= 11 is 1.70. The van der Waals surface area contributed by atoms with Gasteiger partial charge < -0.3 is 5.32 Å². The van der Waals surface area contributed by atoms with E-state index in [0.717, 1.165) is 28.9 Å². The molecule has 0 aliphatic carbocycles. The van der Waals surface area contributed by atoms with Gasteiger partial charge in [-0.25, -0.2) is 9.37 Å². The zero-order valence-corrected chi connectivity index (χ0v) is 12.8. The number of thiophene rings is 1. The lowest BCUT2D eigenvalue weighted by Crippen LogP contribution is -2.23. The molecule has 21 heavy (non-hydrogen) atoms. The molecule has 0 aliphatic rings. The maximum absolute atomic E-state index is 13.3. The number of hydrogen-bond acceptors (Lipinski definition) is 4. The van der Waals surface area contributed by atoms with Crippen molar-refractivity contribution >= 4 is 21.4 Å². The number of fused-ring (bicyclic) bond motifs is 1. The second-order valence-electron chi connectivity index (χ2n) is 4.95. The molecule has 1 atom stereocenters. The highest BCUT2D eigenvalue weighted by Crippen LogP contribution is 2.31. The van der Waals surface area contributed by atoms with Crippen LogP contribution >= 0.6 is 11.3 Å². The highest BCUT2D eigenvalue weighted by molar-refractivity contribution is 7.19. The minimum atomic E-state index is -0.194. The first-order chi connectivity index (χ1) is 10.2. The molecule has 3 aromatic rings. The van der Waals surface area contributed by atoms with E-state index in [9.17, 15) is 4.39 Å². The summed E-state index contributed by atoms with van der Waals surface area (Å²) in [5, 5.41) is 8.54. The SMILES string of the molecule is CCNC(Cc1ncnn1C)c1cc2cc(F)ccc2s1. The van der Waals surface area contributed by atoms with Crippen molar-refractivity contribution in [3.8, 4) is 0 Å². The van der Waals surface area contributed by atoms with Gasteiger partial charge in [0.15, 0.2) is 0 Å². The van der Waals surface area contributed by atoms with E-state index in [1.165, 1.54) is 10.9 Å². The van der Waals surface area contributed by atoms with E-state index in [1.54, 1.807) is 28.4 Å². The van der Waals surface area contributed by atoms with Gasteiger partial charge >= 0.3 is 0 Å². The van der Waals surface area contributed by atoms with Crippen molar-refractivity contribution in [3.63, 3.8) is 0 Å². The molecule has 0 saturated carbocycles. The molecule has 1 unspecified atom stereocenters. The van der Waals surface area contributed by atoms with Crippen molar-refractivity contribution < 1.29 is 4.39 Å². The summed E-state index contributed by atoms with van der Waals surface area (Å²) in [6, 6.07) is 7.16. The van der Waals surface area contributed by atoms with E-state index in [0.29, 0.717) is 0 Å². The first-order valence-electron chi connectivity index (χ1n) is 6.92. The average molecular weight is 304 g/mol. The molecule has 0 radical (unpaired) electrons. The second-order valence-corrected chi connectivity index (χ2v) is 6.06. The quantitative estimate of drug-likeness (QED) is 0.788. The number of hydrogen-bond donors (Lipinski definition) is 1. The van der Waals surface area contributed by atoms with Crippen LogP contribution in [0.25, 0.3) is 10.1 Å². The number of nitrogens with one attached hydrogen (secondary N) is 1. The lowest BCUT2D eigenvalue weighted by atomic mass is 10.1. The Bertz CT molecular complexity index is 749. The van der Waals surface area contributed by atoms with Gasteiger partial charge in [0.1, 0.15) is 18.0 Å². The third-order valence-corrected chi connectivity index (χ3v) is 4.71. The number of halogens is 1. The Balaban J connectivity index is 1.93. The van der Waals surface area contributed by atoms with Gasteiger partial charge in [-0.3, -0.25) is 4.68 Å². The highest BCUT2D eigenvalue weighted by atomic mass is 32.1. The van der Waals surface area contributed by atoms with Gasteiger partial charge in [0.25, 0.3) is 0 Å². The van der Waals surface area contributed by atoms with E-state index in [2.05, 4.69) is 28.4 Å². The summed E-state index contributed by atoms with van der Waals surface area (Å²) in [6.07, 6.45) is 2.33. The molecule has 6 heteroatoms. The van der Waals surface area contributed by atoms with Crippen molar-refractivity contribution in [2.45, 2.75) is 19.4 Å². The van der Waals surface area contributed by atoms with Crippen LogP contribution < -0.4 is 5.32 Å². The van der Waals surface area contributed by atoms with Gasteiger partial charge in [-0.2, -0.15) is 5.10 Å². The Kier molecular flexibility index (Phi) is 3.98. The Morgan fingerprint density at radius 3 is 2.95 bits per heavy atom. The van der Waals surface area contributed by atoms with Gasteiger partial charge in [-0.15, -0.1) is 11.3 Å². The topological polar surface area (TPSA) is 42.7 Å². The van der Waals surface area contributed by atoms with Crippen LogP contribution in [-0.2, 0) is 13.5 Å². The normalized spacial score (nSPS) is 12.9. The lowest BCUT2D eigenvalue weighted by Gasteiger charge is -2.15. The molecular weight excluding hydrogens is 287 g/mol. The number of likely N-dealkylation sites (N-methyl/N-ethyl adjacent to an activating group) is 1. The standard InChI is InChI=1S/C15H17FN4S/c1-3-17-12(8-15-18-9-19-20(15)2)14-7-10-6-11(16)4-5-13(10)21-14/h4-7,9,12,17H,3,8H2,1-2H3. The fourth-order valence-corrected chi connectivity index (χ4v) is 3.53. The number of nitrogens with zero attached hydrogens (tertiary/aromatic N) is 3. The molecule has 1 aromatic carbocycles. The molecule has 0 saturated heterocycles. The fourth-order valence-electron chi connectivity index (χ4n) is 2.41. The largest absolute Gasteiger partial charge is 0.309 e. The van der Waals surface area contributed by atoms with Crippen molar-refractivity contribution in [1.29, 1.82) is 0 Å². The Morgan fingerprint density at radius 2 is 2.24 bits per heavy atom. The fraction of sp³-hybridized carbons (Fsp3) is 0.333. The monoisotopic (exact) mass is 304 g/mol. The van der Waals surface area contributed by atoms with E-state index < -0.39 is 0 Å². The van der Waals surface area contributed by atoms with Crippen molar-refractivity contribution in [2.75, 3.05) is 6.54 Å². The molecule has 0 amide bonds. The molecule has 0 bridgehead atoms. The van der Waals surface area contributed by atoms with Crippen LogP contribution in [0, 0.1) is 5.82 Å². The minimum Gasteiger partial charge on any atom is -0.309 e. The van der Waals surface area contributed by atoms with Crippen molar-refractivity contribution in [1.82, 2.24) is 20.1 Å². The summed E-state index contributed by atoms with van der Waals surface area (Å²) in [6.45, 7) is 2.95. The third-order valence-electron chi connectivity index (χ3n) is 3.48. The van der Waals surface area contributed by atoms with Crippen LogP contribution in [0.2, 0.25) is 0 Å². The van der Waals surface area contributed by atoms with Crippen LogP contribution in [0.4, 0.5) is 4.39 Å². The van der Waals surface area contributed by atoms with Gasteiger partial charge in [-0.05, 0) is 36.2 Å². The third kappa shape index (κ3) is 2.96. The molecular formula is C15H17FN4S. The number of benzene rings is 1. The Labute approximate surface area is 126 Å². The van der Waals surface area contributed by atoms with Crippen molar-refractivity contribution in [3.05, 3.63) is 47.1 Å². The first kappa shape index (κ1) is 14.2. The predicted molar refractivity (Wildman–Crippen MR) is 82.9 cm³/mol. The molecule has 0 fully saturated rings. The van der Waals surface area contributed by atoms with Crippen LogP contribution in [0.1, 0.15) is 23.7 Å². The van der Waals surface area contributed by atoms with E-state index in [1.807, 2.05) is 13.1 Å². The summed E-state index contributed by atoms with van der Waals surface area (Å²) in [7, 11) is 1.89. The van der Waals surface area contributed by atoms with Gasteiger partial charge in [-0.1, -0.05) is 6.92 Å². The molecule has 2 aromatic heterocycles. The predicted octanol–water partition coefficient (Wildman–Crippen LogP) is 3.06. The number of rotatable bonds is 5. The number of aryl methyl sites for hydroxylation is 1. The van der Waals surface area contributed by atoms with Crippen LogP contribution in [0.5, 0.6) is 0 Å². The van der Waals surface area contributed by atoms with Gasteiger partial charge in [0.05, 0.1) is 0 Å². The zero-order chi connectivity index (χ0) is 14.8. The molecule has 110 valence electrons. The molecule has 0 spiro atoms. The molecule has 0 aliphatic heterocycles. The van der Waals surface area contributed by atoms with Crippen molar-refractivity contribution in [2.24, 2.45) is 7.05 Å². The van der Waals surface area contributed by atoms with Crippen LogP contribution in [-0.4, -0.2) is 21.3 Å². The molecule has 2 heterocycles.